The second-order valence-corrected chi connectivity index (χ2v) is 4.51. The Morgan fingerprint density at radius 1 is 1.39 bits per heavy atom. The summed E-state index contributed by atoms with van der Waals surface area (Å²) < 4.78 is 35.6. The van der Waals surface area contributed by atoms with Crippen LogP contribution in [-0.4, -0.2) is 23.7 Å². The molecule has 0 saturated carbocycles. The van der Waals surface area contributed by atoms with E-state index in [1.165, 1.54) is 6.07 Å². The first-order valence-corrected chi connectivity index (χ1v) is 5.92. The van der Waals surface area contributed by atoms with Gasteiger partial charge in [-0.3, -0.25) is 4.79 Å². The van der Waals surface area contributed by atoms with Crippen LogP contribution in [0, 0.1) is 0 Å². The van der Waals surface area contributed by atoms with Crippen LogP contribution in [0.1, 0.15) is 10.4 Å². The highest BCUT2D eigenvalue weighted by Gasteiger charge is 2.27. The molecule has 0 aliphatic carbocycles. The highest BCUT2D eigenvalue weighted by molar-refractivity contribution is 8.00. The van der Waals surface area contributed by atoms with Gasteiger partial charge in [-0.25, -0.2) is 0 Å². The van der Waals surface area contributed by atoms with E-state index in [-0.39, 0.29) is 35.3 Å². The maximum atomic E-state index is 11.9. The summed E-state index contributed by atoms with van der Waals surface area (Å²) in [5, 5.41) is 2.73. The fourth-order valence-corrected chi connectivity index (χ4v) is 1.72. The lowest BCUT2D eigenvalue weighted by molar-refractivity contribution is -0.0327. The van der Waals surface area contributed by atoms with E-state index in [1.54, 1.807) is 12.1 Å². The Hall–Kier alpha value is -1.57. The molecular weight excluding hydrogens is 267 g/mol. The van der Waals surface area contributed by atoms with Crippen molar-refractivity contribution in [1.29, 1.82) is 0 Å². The number of halogens is 3. The molecule has 1 amide bonds. The summed E-state index contributed by atoms with van der Waals surface area (Å²) in [7, 11) is 0. The Morgan fingerprint density at radius 2 is 2.06 bits per heavy atom. The molecule has 0 aliphatic heterocycles. The smallest absolute Gasteiger partial charge is 0.396 e. The lowest BCUT2D eigenvalue weighted by Crippen LogP contribution is -2.16. The number of nitrogens with one attached hydrogen (secondary N) is 1. The zero-order valence-corrected chi connectivity index (χ0v) is 10.1. The number of amides is 1. The molecule has 1 rings (SSSR count). The van der Waals surface area contributed by atoms with Crippen molar-refractivity contribution < 1.29 is 18.0 Å². The Morgan fingerprint density at radius 3 is 2.61 bits per heavy atom. The lowest BCUT2D eigenvalue weighted by atomic mass is 10.1. The van der Waals surface area contributed by atoms with Gasteiger partial charge < -0.3 is 16.8 Å². The minimum absolute atomic E-state index is 0.0800. The van der Waals surface area contributed by atoms with Gasteiger partial charge in [0.25, 0.3) is 5.91 Å². The molecule has 0 heterocycles. The normalized spacial score (nSPS) is 11.3. The topological polar surface area (TPSA) is 81.1 Å². The number of alkyl halides is 3. The molecule has 0 atom stereocenters. The number of hydrogen-bond donors (Lipinski definition) is 3. The molecule has 0 aromatic heterocycles. The molecule has 0 fully saturated rings. The number of hydrogen-bond acceptors (Lipinski definition) is 4. The van der Waals surface area contributed by atoms with Gasteiger partial charge in [0.05, 0.1) is 16.9 Å². The van der Waals surface area contributed by atoms with E-state index in [2.05, 4.69) is 5.32 Å². The molecule has 1 aromatic carbocycles. The third-order valence-corrected chi connectivity index (χ3v) is 2.79. The van der Waals surface area contributed by atoms with Crippen LogP contribution in [0.25, 0.3) is 0 Å². The van der Waals surface area contributed by atoms with Crippen molar-refractivity contribution in [3.63, 3.8) is 0 Å². The third kappa shape index (κ3) is 4.36. The van der Waals surface area contributed by atoms with Gasteiger partial charge in [-0.15, -0.1) is 0 Å². The van der Waals surface area contributed by atoms with Gasteiger partial charge in [-0.05, 0) is 23.9 Å². The fraction of sp³-hybridized carbons (Fsp3) is 0.300. The molecule has 8 heteroatoms. The average molecular weight is 279 g/mol. The van der Waals surface area contributed by atoms with Crippen molar-refractivity contribution in [3.8, 4) is 0 Å². The van der Waals surface area contributed by atoms with Gasteiger partial charge in [-0.1, -0.05) is 6.07 Å². The SMILES string of the molecule is NC(=O)c1cccc(NCCSC(F)(F)F)c1N. The Kier molecular flexibility index (Phi) is 4.71. The first-order valence-electron chi connectivity index (χ1n) is 4.94. The van der Waals surface area contributed by atoms with Crippen molar-refractivity contribution in [1.82, 2.24) is 0 Å². The zero-order chi connectivity index (χ0) is 13.8. The lowest BCUT2D eigenvalue weighted by Gasteiger charge is -2.11. The first kappa shape index (κ1) is 14.5. The number of benzene rings is 1. The van der Waals surface area contributed by atoms with Gasteiger partial charge in [0, 0.05) is 12.3 Å². The number of thioether (sulfide) groups is 1. The molecular formula is C10H12F3N3OS. The zero-order valence-electron chi connectivity index (χ0n) is 9.25. The number of anilines is 2. The number of carbonyl (C=O) groups excluding carboxylic acids is 1. The van der Waals surface area contributed by atoms with E-state index in [0.29, 0.717) is 5.69 Å². The fourth-order valence-electron chi connectivity index (χ4n) is 1.29. The largest absolute Gasteiger partial charge is 0.441 e. The monoisotopic (exact) mass is 279 g/mol. The van der Waals surface area contributed by atoms with Crippen LogP contribution < -0.4 is 16.8 Å². The van der Waals surface area contributed by atoms with Crippen LogP contribution >= 0.6 is 11.8 Å². The summed E-state index contributed by atoms with van der Waals surface area (Å²) in [6.07, 6.45) is 0. The van der Waals surface area contributed by atoms with Crippen LogP contribution in [0.5, 0.6) is 0 Å². The number of carbonyl (C=O) groups is 1. The summed E-state index contributed by atoms with van der Waals surface area (Å²) in [4.78, 5) is 11.0. The summed E-state index contributed by atoms with van der Waals surface area (Å²) in [5.41, 5.74) is 7.19. The molecule has 5 N–H and O–H groups in total. The van der Waals surface area contributed by atoms with E-state index in [9.17, 15) is 18.0 Å². The molecule has 0 spiro atoms. The summed E-state index contributed by atoms with van der Waals surface area (Å²) >= 11 is -0.126. The van der Waals surface area contributed by atoms with E-state index in [0.717, 1.165) is 0 Å². The Labute approximate surface area is 106 Å². The maximum Gasteiger partial charge on any atom is 0.441 e. The molecule has 0 aliphatic rings. The van der Waals surface area contributed by atoms with Crippen LogP contribution in [0.3, 0.4) is 0 Å². The van der Waals surface area contributed by atoms with Gasteiger partial charge in [-0.2, -0.15) is 13.2 Å². The van der Waals surface area contributed by atoms with Crippen LogP contribution in [-0.2, 0) is 0 Å². The predicted molar refractivity (Wildman–Crippen MR) is 66.4 cm³/mol. The predicted octanol–water partition coefficient (Wildman–Crippen LogP) is 2.03. The number of primary amides is 1. The van der Waals surface area contributed by atoms with E-state index < -0.39 is 11.4 Å². The standard InChI is InChI=1S/C10H12F3N3OS/c11-10(12,13)18-5-4-16-7-3-1-2-6(8(7)14)9(15)17/h1-3,16H,4-5,14H2,(H2,15,17). The third-order valence-electron chi connectivity index (χ3n) is 2.05. The number of rotatable bonds is 5. The minimum Gasteiger partial charge on any atom is -0.396 e. The molecule has 100 valence electrons. The minimum atomic E-state index is -4.25. The number of para-hydroxylation sites is 1. The molecule has 1 aromatic rings. The maximum absolute atomic E-state index is 11.9. The molecule has 18 heavy (non-hydrogen) atoms. The molecule has 0 saturated heterocycles. The highest BCUT2D eigenvalue weighted by Crippen LogP contribution is 2.30. The number of nitrogen functional groups attached to an aromatic ring is 1. The van der Waals surface area contributed by atoms with Crippen molar-refractivity contribution >= 4 is 29.0 Å². The summed E-state index contributed by atoms with van der Waals surface area (Å²) in [5.74, 6) is -0.829. The van der Waals surface area contributed by atoms with Crippen LogP contribution in [0.4, 0.5) is 24.5 Å². The van der Waals surface area contributed by atoms with Gasteiger partial charge in [0.15, 0.2) is 0 Å². The molecule has 0 unspecified atom stereocenters. The molecule has 0 radical (unpaired) electrons. The highest BCUT2D eigenvalue weighted by atomic mass is 32.2. The van der Waals surface area contributed by atoms with Gasteiger partial charge >= 0.3 is 5.51 Å². The summed E-state index contributed by atoms with van der Waals surface area (Å²) in [6, 6.07) is 4.57. The summed E-state index contributed by atoms with van der Waals surface area (Å²) in [6.45, 7) is 0.0800. The quantitative estimate of drug-likeness (QED) is 0.569. The first-order chi connectivity index (χ1) is 8.31. The van der Waals surface area contributed by atoms with Crippen molar-refractivity contribution in [2.45, 2.75) is 5.51 Å². The number of nitrogens with two attached hydrogens (primary N) is 2. The van der Waals surface area contributed by atoms with Crippen LogP contribution in [0.2, 0.25) is 0 Å². The van der Waals surface area contributed by atoms with E-state index in [4.69, 9.17) is 11.5 Å². The van der Waals surface area contributed by atoms with Crippen molar-refractivity contribution in [2.75, 3.05) is 23.3 Å². The van der Waals surface area contributed by atoms with Crippen LogP contribution in [0.15, 0.2) is 18.2 Å². The second kappa shape index (κ2) is 5.85. The second-order valence-electron chi connectivity index (χ2n) is 3.35. The van der Waals surface area contributed by atoms with Gasteiger partial charge in [0.1, 0.15) is 0 Å². The molecule has 0 bridgehead atoms. The van der Waals surface area contributed by atoms with Gasteiger partial charge in [0.2, 0.25) is 0 Å². The molecule has 4 nitrogen and oxygen atoms in total. The average Bonchev–Trinajstić information content (AvgIpc) is 2.24. The van der Waals surface area contributed by atoms with Crippen molar-refractivity contribution in [2.24, 2.45) is 5.73 Å². The van der Waals surface area contributed by atoms with E-state index >= 15 is 0 Å². The Bertz CT molecular complexity index is 437. The Balaban J connectivity index is 2.58. The van der Waals surface area contributed by atoms with E-state index in [1.807, 2.05) is 0 Å². The van der Waals surface area contributed by atoms with Crippen molar-refractivity contribution in [3.05, 3.63) is 23.8 Å².